The minimum absolute atomic E-state index is 0.00376. The summed E-state index contributed by atoms with van der Waals surface area (Å²) in [5, 5.41) is 15.7. The molecule has 0 spiro atoms. The first kappa shape index (κ1) is 20.0. The summed E-state index contributed by atoms with van der Waals surface area (Å²) in [5.74, 6) is -0.00753. The second-order valence-corrected chi connectivity index (χ2v) is 8.48. The van der Waals surface area contributed by atoms with Crippen LogP contribution < -0.4 is 21.3 Å². The van der Waals surface area contributed by atoms with Crippen LogP contribution in [0.15, 0.2) is 60.7 Å². The predicted octanol–water partition coefficient (Wildman–Crippen LogP) is 3.86. The summed E-state index contributed by atoms with van der Waals surface area (Å²) >= 11 is 0. The molecule has 6 N–H and O–H groups in total. The molecule has 0 bridgehead atoms. The number of anilines is 2. The molecule has 138 valence electrons. The highest BCUT2D eigenvalue weighted by Crippen LogP contribution is 2.37. The largest absolute Gasteiger partial charge is 0.370 e. The van der Waals surface area contributed by atoms with Gasteiger partial charge in [-0.25, -0.2) is 0 Å². The Morgan fingerprint density at radius 2 is 1.04 bits per heavy atom. The minimum Gasteiger partial charge on any atom is -0.370 e. The Bertz CT molecular complexity index is 661. The zero-order valence-electron chi connectivity index (χ0n) is 14.8. The van der Waals surface area contributed by atoms with Gasteiger partial charge in [0.2, 0.25) is 0 Å². The molecule has 2 atom stereocenters. The third-order valence-electron chi connectivity index (χ3n) is 3.65. The van der Waals surface area contributed by atoms with Gasteiger partial charge < -0.3 is 21.3 Å². The number of nitrogens with zero attached hydrogens (tertiary/aromatic N) is 2. The molecule has 0 fully saturated rings. The molecule has 6 nitrogen and oxygen atoms in total. The Balaban J connectivity index is 2.07. The van der Waals surface area contributed by atoms with E-state index in [2.05, 4.69) is 0 Å². The van der Waals surface area contributed by atoms with Crippen LogP contribution in [0.3, 0.4) is 0 Å². The van der Waals surface area contributed by atoms with Gasteiger partial charge in [0.05, 0.1) is 10.7 Å². The van der Waals surface area contributed by atoms with Crippen molar-refractivity contribution in [1.29, 1.82) is 10.8 Å². The highest BCUT2D eigenvalue weighted by atomic mass is 33.1. The second kappa shape index (κ2) is 9.40. The number of nitrogens with two attached hydrogens (primary N) is 2. The molecule has 2 unspecified atom stereocenters. The van der Waals surface area contributed by atoms with E-state index in [0.29, 0.717) is 0 Å². The van der Waals surface area contributed by atoms with Crippen molar-refractivity contribution in [2.24, 2.45) is 11.5 Å². The molecule has 2 rings (SSSR count). The molecule has 0 amide bonds. The van der Waals surface area contributed by atoms with Crippen LogP contribution >= 0.6 is 21.6 Å². The van der Waals surface area contributed by atoms with Crippen LogP contribution in [0.2, 0.25) is 0 Å². The van der Waals surface area contributed by atoms with E-state index >= 15 is 0 Å². The van der Waals surface area contributed by atoms with Gasteiger partial charge in [-0.3, -0.25) is 10.8 Å². The average molecular weight is 389 g/mol. The van der Waals surface area contributed by atoms with E-state index in [1.807, 2.05) is 74.5 Å². The number of hydrogen-bond acceptors (Lipinski definition) is 4. The van der Waals surface area contributed by atoms with Gasteiger partial charge >= 0.3 is 0 Å². The maximum atomic E-state index is 7.91. The molecule has 26 heavy (non-hydrogen) atoms. The number of para-hydroxylation sites is 2. The fourth-order valence-corrected chi connectivity index (χ4v) is 4.96. The third kappa shape index (κ3) is 5.09. The number of benzene rings is 2. The minimum atomic E-state index is -0.0630. The van der Waals surface area contributed by atoms with Gasteiger partial charge in [0.1, 0.15) is 0 Å². The normalized spacial score (nSPS) is 12.8. The highest BCUT2D eigenvalue weighted by molar-refractivity contribution is 8.77. The van der Waals surface area contributed by atoms with Crippen molar-refractivity contribution in [2.45, 2.75) is 24.6 Å². The standard InChI is InChI=1S/C18H24N6S2/c1-13(23(17(19)20)15-9-5-3-6-10-15)25-26-14(2)24(18(21)22)16-11-7-4-8-12-16/h3-14H,1-2H3,(H3,19,20)(H3,21,22). The lowest BCUT2D eigenvalue weighted by atomic mass is 10.3. The molecule has 8 heteroatoms. The van der Waals surface area contributed by atoms with Gasteiger partial charge in [-0.1, -0.05) is 58.0 Å². The van der Waals surface area contributed by atoms with Crippen molar-refractivity contribution in [3.63, 3.8) is 0 Å². The molecule has 0 aromatic heterocycles. The lowest BCUT2D eigenvalue weighted by molar-refractivity contribution is 0.966. The van der Waals surface area contributed by atoms with Crippen molar-refractivity contribution in [3.05, 3.63) is 60.7 Å². The van der Waals surface area contributed by atoms with E-state index in [1.54, 1.807) is 31.4 Å². The Kier molecular flexibility index (Phi) is 7.23. The summed E-state index contributed by atoms with van der Waals surface area (Å²) in [6, 6.07) is 19.3. The molecule has 2 aromatic rings. The van der Waals surface area contributed by atoms with Gasteiger partial charge in [0.25, 0.3) is 0 Å². The topological polar surface area (TPSA) is 106 Å². The van der Waals surface area contributed by atoms with Crippen molar-refractivity contribution in [2.75, 3.05) is 9.80 Å². The molecular formula is C18H24N6S2. The van der Waals surface area contributed by atoms with Crippen LogP contribution in [0, 0.1) is 10.8 Å². The summed E-state index contributed by atoms with van der Waals surface area (Å²) in [6.45, 7) is 4.00. The number of nitrogens with one attached hydrogen (secondary N) is 2. The molecule has 0 aliphatic rings. The molecule has 0 radical (unpaired) electrons. The van der Waals surface area contributed by atoms with Crippen LogP contribution in [-0.2, 0) is 0 Å². The Hall–Kier alpha value is -2.32. The summed E-state index contributed by atoms with van der Waals surface area (Å²) in [4.78, 5) is 3.54. The first-order valence-electron chi connectivity index (χ1n) is 8.10. The smallest absolute Gasteiger partial charge is 0.193 e. The first-order valence-corrected chi connectivity index (χ1v) is 10.4. The number of hydrogen-bond donors (Lipinski definition) is 4. The van der Waals surface area contributed by atoms with Crippen LogP contribution in [0.4, 0.5) is 11.4 Å². The number of guanidine groups is 2. The van der Waals surface area contributed by atoms with Gasteiger partial charge in [0.15, 0.2) is 11.9 Å². The van der Waals surface area contributed by atoms with Gasteiger partial charge in [-0.15, -0.1) is 0 Å². The summed E-state index contributed by atoms with van der Waals surface area (Å²) in [7, 11) is 3.17. The fourth-order valence-electron chi connectivity index (χ4n) is 2.51. The average Bonchev–Trinajstić information content (AvgIpc) is 2.61. The molecule has 2 aromatic carbocycles. The van der Waals surface area contributed by atoms with Crippen LogP contribution in [0.25, 0.3) is 0 Å². The van der Waals surface area contributed by atoms with E-state index < -0.39 is 0 Å². The van der Waals surface area contributed by atoms with Crippen molar-refractivity contribution in [3.8, 4) is 0 Å². The molecule has 0 aliphatic carbocycles. The first-order chi connectivity index (χ1) is 12.4. The summed E-state index contributed by atoms with van der Waals surface area (Å²) < 4.78 is 0. The Morgan fingerprint density at radius 3 is 1.31 bits per heavy atom. The molecule has 0 heterocycles. The third-order valence-corrected chi connectivity index (χ3v) is 6.74. The van der Waals surface area contributed by atoms with Crippen LogP contribution in [-0.4, -0.2) is 22.7 Å². The van der Waals surface area contributed by atoms with E-state index in [9.17, 15) is 0 Å². The molecule has 0 saturated heterocycles. The monoisotopic (exact) mass is 388 g/mol. The maximum Gasteiger partial charge on any atom is 0.193 e. The van der Waals surface area contributed by atoms with E-state index in [-0.39, 0.29) is 22.7 Å². The van der Waals surface area contributed by atoms with E-state index in [0.717, 1.165) is 11.4 Å². The zero-order chi connectivity index (χ0) is 19.1. The second-order valence-electron chi connectivity index (χ2n) is 5.57. The van der Waals surface area contributed by atoms with Gasteiger partial charge in [-0.2, -0.15) is 0 Å². The maximum absolute atomic E-state index is 7.91. The fraction of sp³-hybridized carbons (Fsp3) is 0.222. The van der Waals surface area contributed by atoms with Crippen molar-refractivity contribution < 1.29 is 0 Å². The SMILES string of the molecule is CC(SSC(C)N(C(=N)N)c1ccccc1)N(C(=N)N)c1ccccc1. The van der Waals surface area contributed by atoms with E-state index in [1.165, 1.54) is 0 Å². The Morgan fingerprint density at radius 1 is 0.731 bits per heavy atom. The van der Waals surface area contributed by atoms with Crippen molar-refractivity contribution in [1.82, 2.24) is 0 Å². The Labute approximate surface area is 162 Å². The summed E-state index contributed by atoms with van der Waals surface area (Å²) in [6.07, 6.45) is 0. The lowest BCUT2D eigenvalue weighted by Gasteiger charge is -2.32. The summed E-state index contributed by atoms with van der Waals surface area (Å²) in [5.41, 5.74) is 13.3. The van der Waals surface area contributed by atoms with E-state index in [4.69, 9.17) is 22.3 Å². The molecule has 0 saturated carbocycles. The van der Waals surface area contributed by atoms with Crippen LogP contribution in [0.5, 0.6) is 0 Å². The van der Waals surface area contributed by atoms with Crippen LogP contribution in [0.1, 0.15) is 13.8 Å². The van der Waals surface area contributed by atoms with Gasteiger partial charge in [0, 0.05) is 11.4 Å². The van der Waals surface area contributed by atoms with Gasteiger partial charge in [-0.05, 0) is 38.1 Å². The molecular weight excluding hydrogens is 364 g/mol. The highest BCUT2D eigenvalue weighted by Gasteiger charge is 2.23. The predicted molar refractivity (Wildman–Crippen MR) is 116 cm³/mol. The number of rotatable bonds is 7. The zero-order valence-corrected chi connectivity index (χ0v) is 16.4. The lowest BCUT2D eigenvalue weighted by Crippen LogP contribution is -2.43. The quantitative estimate of drug-likeness (QED) is 0.248. The molecule has 0 aliphatic heterocycles. The van der Waals surface area contributed by atoms with Crippen molar-refractivity contribution >= 4 is 44.9 Å².